The van der Waals surface area contributed by atoms with Crippen LogP contribution in [0, 0.1) is 6.92 Å². The van der Waals surface area contributed by atoms with Gasteiger partial charge >= 0.3 is 0 Å². The molecule has 1 aliphatic rings. The number of hydrogen-bond acceptors (Lipinski definition) is 4. The van der Waals surface area contributed by atoms with Crippen molar-refractivity contribution in [1.82, 2.24) is 9.62 Å². The summed E-state index contributed by atoms with van der Waals surface area (Å²) in [6.07, 6.45) is 0.781. The minimum atomic E-state index is -3.61. The van der Waals surface area contributed by atoms with E-state index >= 15 is 0 Å². The summed E-state index contributed by atoms with van der Waals surface area (Å²) >= 11 is 0. The Kier molecular flexibility index (Phi) is 5.67. The zero-order chi connectivity index (χ0) is 18.0. The highest BCUT2D eigenvalue weighted by Gasteiger charge is 2.28. The van der Waals surface area contributed by atoms with Gasteiger partial charge in [0.05, 0.1) is 18.1 Å². The first kappa shape index (κ1) is 18.9. The van der Waals surface area contributed by atoms with Crippen LogP contribution >= 0.6 is 0 Å². The number of ether oxygens (including phenoxy) is 1. The van der Waals surface area contributed by atoms with Crippen molar-refractivity contribution in [3.63, 3.8) is 0 Å². The van der Waals surface area contributed by atoms with Crippen LogP contribution < -0.4 is 5.32 Å². The Bertz CT molecular complexity index is 707. The number of amides is 1. The molecule has 1 aliphatic heterocycles. The average molecular weight is 354 g/mol. The third-order valence-electron chi connectivity index (χ3n) is 4.40. The molecule has 0 spiro atoms. The largest absolute Gasteiger partial charge is 0.379 e. The zero-order valence-electron chi connectivity index (χ0n) is 14.8. The van der Waals surface area contributed by atoms with Gasteiger partial charge in [-0.25, -0.2) is 8.42 Å². The molecule has 1 fully saturated rings. The molecule has 1 heterocycles. The van der Waals surface area contributed by atoms with Crippen LogP contribution in [-0.2, 0) is 14.8 Å². The highest BCUT2D eigenvalue weighted by Crippen LogP contribution is 2.21. The molecular weight excluding hydrogens is 328 g/mol. The van der Waals surface area contributed by atoms with Crippen LogP contribution in [0.5, 0.6) is 0 Å². The number of hydrogen-bond donors (Lipinski definition) is 1. The van der Waals surface area contributed by atoms with E-state index in [4.69, 9.17) is 4.74 Å². The monoisotopic (exact) mass is 354 g/mol. The Balaban J connectivity index is 2.32. The van der Waals surface area contributed by atoms with E-state index in [1.165, 1.54) is 10.4 Å². The van der Waals surface area contributed by atoms with Crippen LogP contribution in [0.3, 0.4) is 0 Å². The van der Waals surface area contributed by atoms with E-state index in [9.17, 15) is 13.2 Å². The van der Waals surface area contributed by atoms with Gasteiger partial charge in [-0.3, -0.25) is 4.79 Å². The molecule has 1 saturated heterocycles. The predicted octanol–water partition coefficient (Wildman–Crippen LogP) is 1.93. The van der Waals surface area contributed by atoms with E-state index in [2.05, 4.69) is 5.32 Å². The number of sulfonamides is 1. The molecule has 1 N–H and O–H groups in total. The van der Waals surface area contributed by atoms with Crippen molar-refractivity contribution in [2.75, 3.05) is 26.3 Å². The number of nitrogens with one attached hydrogen (secondary N) is 1. The Morgan fingerprint density at radius 3 is 2.50 bits per heavy atom. The summed E-state index contributed by atoms with van der Waals surface area (Å²) in [6, 6.07) is 4.71. The second kappa shape index (κ2) is 7.21. The molecule has 2 rings (SSSR count). The normalized spacial score (nSPS) is 16.8. The first-order valence-corrected chi connectivity index (χ1v) is 9.62. The van der Waals surface area contributed by atoms with Crippen LogP contribution in [0.2, 0.25) is 0 Å². The van der Waals surface area contributed by atoms with Crippen molar-refractivity contribution in [2.24, 2.45) is 0 Å². The summed E-state index contributed by atoms with van der Waals surface area (Å²) in [5, 5.41) is 2.95. The highest BCUT2D eigenvalue weighted by atomic mass is 32.2. The second-order valence-corrected chi connectivity index (χ2v) is 8.62. The topological polar surface area (TPSA) is 75.7 Å². The molecule has 1 amide bonds. The number of carbonyl (C=O) groups excluding carboxylic acids is 1. The van der Waals surface area contributed by atoms with E-state index in [1.54, 1.807) is 19.1 Å². The molecule has 7 heteroatoms. The van der Waals surface area contributed by atoms with E-state index < -0.39 is 10.0 Å². The minimum Gasteiger partial charge on any atom is -0.379 e. The molecule has 24 heavy (non-hydrogen) atoms. The third kappa shape index (κ3) is 4.15. The molecule has 0 aliphatic carbocycles. The molecule has 134 valence electrons. The maximum absolute atomic E-state index is 12.8. The van der Waals surface area contributed by atoms with Crippen molar-refractivity contribution in [3.8, 4) is 0 Å². The number of carbonyl (C=O) groups is 1. The summed E-state index contributed by atoms with van der Waals surface area (Å²) in [4.78, 5) is 12.7. The number of benzene rings is 1. The van der Waals surface area contributed by atoms with Crippen LogP contribution in [0.15, 0.2) is 23.1 Å². The van der Waals surface area contributed by atoms with Crippen LogP contribution in [0.25, 0.3) is 0 Å². The smallest absolute Gasteiger partial charge is 0.252 e. The molecule has 1 aromatic rings. The number of nitrogens with zero attached hydrogens (tertiary/aromatic N) is 1. The Hall–Kier alpha value is -1.44. The summed E-state index contributed by atoms with van der Waals surface area (Å²) in [6.45, 7) is 9.13. The van der Waals surface area contributed by atoms with Crippen LogP contribution in [0.1, 0.15) is 43.1 Å². The summed E-state index contributed by atoms with van der Waals surface area (Å²) in [5.74, 6) is -0.252. The molecule has 0 atom stereocenters. The Morgan fingerprint density at radius 1 is 1.29 bits per heavy atom. The lowest BCUT2D eigenvalue weighted by Gasteiger charge is -2.27. The van der Waals surface area contributed by atoms with Crippen LogP contribution in [-0.4, -0.2) is 50.5 Å². The predicted molar refractivity (Wildman–Crippen MR) is 92.6 cm³/mol. The molecule has 6 nitrogen and oxygen atoms in total. The molecule has 0 saturated carbocycles. The van der Waals surface area contributed by atoms with Crippen molar-refractivity contribution in [1.29, 1.82) is 0 Å². The molecule has 0 aromatic heterocycles. The van der Waals surface area contributed by atoms with Crippen molar-refractivity contribution in [3.05, 3.63) is 29.3 Å². The van der Waals surface area contributed by atoms with Gasteiger partial charge in [-0.1, -0.05) is 13.0 Å². The highest BCUT2D eigenvalue weighted by molar-refractivity contribution is 7.89. The fraction of sp³-hybridized carbons (Fsp3) is 0.588. The van der Waals surface area contributed by atoms with Crippen molar-refractivity contribution < 1.29 is 17.9 Å². The van der Waals surface area contributed by atoms with E-state index in [0.29, 0.717) is 31.9 Å². The fourth-order valence-corrected chi connectivity index (χ4v) is 3.84. The van der Waals surface area contributed by atoms with Gasteiger partial charge in [0.1, 0.15) is 0 Å². The minimum absolute atomic E-state index is 0.148. The maximum Gasteiger partial charge on any atom is 0.252 e. The van der Waals surface area contributed by atoms with Gasteiger partial charge in [0.25, 0.3) is 5.91 Å². The van der Waals surface area contributed by atoms with Crippen LogP contribution in [0.4, 0.5) is 0 Å². The first-order chi connectivity index (χ1) is 11.2. The molecule has 0 unspecified atom stereocenters. The van der Waals surface area contributed by atoms with Gasteiger partial charge in [0.15, 0.2) is 0 Å². The summed E-state index contributed by atoms with van der Waals surface area (Å²) < 4.78 is 32.1. The summed E-state index contributed by atoms with van der Waals surface area (Å²) in [7, 11) is -3.61. The van der Waals surface area contributed by atoms with Gasteiger partial charge in [0, 0.05) is 24.2 Å². The van der Waals surface area contributed by atoms with Crippen molar-refractivity contribution >= 4 is 15.9 Å². The quantitative estimate of drug-likeness (QED) is 0.877. The van der Waals surface area contributed by atoms with E-state index in [-0.39, 0.29) is 16.3 Å². The zero-order valence-corrected chi connectivity index (χ0v) is 15.6. The molecule has 1 aromatic carbocycles. The Morgan fingerprint density at radius 2 is 1.92 bits per heavy atom. The lowest BCUT2D eigenvalue weighted by molar-refractivity contribution is 0.0730. The lowest BCUT2D eigenvalue weighted by Crippen LogP contribution is -2.43. The van der Waals surface area contributed by atoms with E-state index in [1.807, 2.05) is 20.8 Å². The SMILES string of the molecule is CCC(C)(C)NC(=O)c1cc(S(=O)(=O)N2CCOCC2)ccc1C. The number of morpholine rings is 1. The molecular formula is C17H26N2O4S. The van der Waals surface area contributed by atoms with E-state index in [0.717, 1.165) is 12.0 Å². The fourth-order valence-electron chi connectivity index (χ4n) is 2.41. The standard InChI is InChI=1S/C17H26N2O4S/c1-5-17(3,4)18-16(20)15-12-14(7-6-13(15)2)24(21,22)19-8-10-23-11-9-19/h6-7,12H,5,8-11H2,1-4H3,(H,18,20). The van der Waals surface area contributed by atoms with Gasteiger partial charge in [0.2, 0.25) is 10.0 Å². The number of aryl methyl sites for hydroxylation is 1. The molecule has 0 bridgehead atoms. The van der Waals surface area contributed by atoms with Gasteiger partial charge < -0.3 is 10.1 Å². The third-order valence-corrected chi connectivity index (χ3v) is 6.29. The first-order valence-electron chi connectivity index (χ1n) is 8.18. The van der Waals surface area contributed by atoms with Gasteiger partial charge in [-0.2, -0.15) is 4.31 Å². The molecule has 0 radical (unpaired) electrons. The van der Waals surface area contributed by atoms with Gasteiger partial charge in [-0.15, -0.1) is 0 Å². The summed E-state index contributed by atoms with van der Waals surface area (Å²) in [5.41, 5.74) is 0.800. The maximum atomic E-state index is 12.8. The Labute approximate surface area is 144 Å². The van der Waals surface area contributed by atoms with Gasteiger partial charge in [-0.05, 0) is 44.9 Å². The second-order valence-electron chi connectivity index (χ2n) is 6.68. The number of rotatable bonds is 5. The van der Waals surface area contributed by atoms with Crippen molar-refractivity contribution in [2.45, 2.75) is 44.6 Å². The lowest BCUT2D eigenvalue weighted by atomic mass is 10.0. The average Bonchev–Trinajstić information content (AvgIpc) is 2.55.